The summed E-state index contributed by atoms with van der Waals surface area (Å²) < 4.78 is 15.3. The SMILES string of the molecule is COc1ccc(CCNC(=O)COC(=O)[C@@H]2CCCN2C(=O)c2ccco2)cc1. The van der Waals surface area contributed by atoms with Gasteiger partial charge in [0.25, 0.3) is 11.8 Å². The van der Waals surface area contributed by atoms with Gasteiger partial charge >= 0.3 is 5.97 Å². The monoisotopic (exact) mass is 400 g/mol. The van der Waals surface area contributed by atoms with Gasteiger partial charge in [-0.05, 0) is 49.1 Å². The third-order valence-corrected chi connectivity index (χ3v) is 4.76. The molecule has 0 bridgehead atoms. The largest absolute Gasteiger partial charge is 0.497 e. The zero-order valence-electron chi connectivity index (χ0n) is 16.3. The van der Waals surface area contributed by atoms with Crippen LogP contribution in [-0.2, 0) is 20.7 Å². The van der Waals surface area contributed by atoms with E-state index >= 15 is 0 Å². The normalized spacial score (nSPS) is 15.8. The maximum atomic E-state index is 12.4. The molecule has 2 aromatic rings. The van der Waals surface area contributed by atoms with Crippen molar-refractivity contribution in [3.63, 3.8) is 0 Å². The lowest BCUT2D eigenvalue weighted by Crippen LogP contribution is -2.42. The summed E-state index contributed by atoms with van der Waals surface area (Å²) in [7, 11) is 1.61. The summed E-state index contributed by atoms with van der Waals surface area (Å²) in [6.45, 7) is 0.503. The summed E-state index contributed by atoms with van der Waals surface area (Å²) in [6, 6.07) is 10.0. The van der Waals surface area contributed by atoms with Crippen LogP contribution in [0.5, 0.6) is 5.75 Å². The summed E-state index contributed by atoms with van der Waals surface area (Å²) in [4.78, 5) is 38.2. The Morgan fingerprint density at radius 2 is 2.00 bits per heavy atom. The van der Waals surface area contributed by atoms with E-state index in [1.54, 1.807) is 19.2 Å². The smallest absolute Gasteiger partial charge is 0.329 e. The molecule has 1 N–H and O–H groups in total. The minimum atomic E-state index is -0.695. The van der Waals surface area contributed by atoms with Crippen LogP contribution in [0.4, 0.5) is 0 Å². The number of ether oxygens (including phenoxy) is 2. The van der Waals surface area contributed by atoms with Crippen molar-refractivity contribution in [1.29, 1.82) is 0 Å². The molecule has 0 radical (unpaired) electrons. The number of benzene rings is 1. The predicted octanol–water partition coefficient (Wildman–Crippen LogP) is 1.79. The van der Waals surface area contributed by atoms with E-state index in [1.165, 1.54) is 11.2 Å². The molecule has 2 amide bonds. The van der Waals surface area contributed by atoms with Gasteiger partial charge in [-0.25, -0.2) is 4.79 Å². The van der Waals surface area contributed by atoms with E-state index in [4.69, 9.17) is 13.9 Å². The number of hydrogen-bond donors (Lipinski definition) is 1. The number of furan rings is 1. The van der Waals surface area contributed by atoms with E-state index in [0.29, 0.717) is 32.4 Å². The van der Waals surface area contributed by atoms with Crippen LogP contribution in [0, 0.1) is 0 Å². The number of rotatable bonds is 8. The minimum absolute atomic E-state index is 0.181. The highest BCUT2D eigenvalue weighted by molar-refractivity contribution is 5.95. The molecule has 1 aromatic heterocycles. The molecule has 1 saturated heterocycles. The van der Waals surface area contributed by atoms with Crippen LogP contribution in [0.2, 0.25) is 0 Å². The standard InChI is InChI=1S/C21H24N2O6/c1-27-16-8-6-15(7-9-16)10-11-22-19(24)14-29-21(26)17-4-2-12-23(17)20(25)18-5-3-13-28-18/h3,5-9,13,17H,2,4,10-12,14H2,1H3,(H,22,24)/t17-/m0/s1. The summed E-state index contributed by atoms with van der Waals surface area (Å²) in [5.74, 6) is -0.350. The molecule has 8 nitrogen and oxygen atoms in total. The Labute approximate surface area is 168 Å². The molecule has 1 aliphatic rings. The summed E-state index contributed by atoms with van der Waals surface area (Å²) in [6.07, 6.45) is 3.26. The van der Waals surface area contributed by atoms with Crippen LogP contribution in [-0.4, -0.2) is 55.5 Å². The predicted molar refractivity (Wildman–Crippen MR) is 103 cm³/mol. The van der Waals surface area contributed by atoms with E-state index in [1.807, 2.05) is 24.3 Å². The van der Waals surface area contributed by atoms with Crippen LogP contribution in [0.25, 0.3) is 0 Å². The summed E-state index contributed by atoms with van der Waals surface area (Å²) in [5, 5.41) is 2.72. The van der Waals surface area contributed by atoms with Gasteiger partial charge in [0, 0.05) is 13.1 Å². The Morgan fingerprint density at radius 3 is 2.69 bits per heavy atom. The van der Waals surface area contributed by atoms with E-state index < -0.39 is 12.0 Å². The highest BCUT2D eigenvalue weighted by Crippen LogP contribution is 2.21. The lowest BCUT2D eigenvalue weighted by Gasteiger charge is -2.22. The van der Waals surface area contributed by atoms with Crippen LogP contribution in [0.1, 0.15) is 29.0 Å². The number of amides is 2. The molecule has 0 spiro atoms. The average molecular weight is 400 g/mol. The number of hydrogen-bond acceptors (Lipinski definition) is 6. The van der Waals surface area contributed by atoms with Gasteiger partial charge in [-0.15, -0.1) is 0 Å². The van der Waals surface area contributed by atoms with Crippen molar-refractivity contribution >= 4 is 17.8 Å². The van der Waals surface area contributed by atoms with E-state index in [9.17, 15) is 14.4 Å². The van der Waals surface area contributed by atoms with Gasteiger partial charge in [0.1, 0.15) is 11.8 Å². The number of nitrogens with zero attached hydrogens (tertiary/aromatic N) is 1. The molecule has 1 atom stereocenters. The number of carbonyl (C=O) groups excluding carboxylic acids is 3. The van der Waals surface area contributed by atoms with Crippen LogP contribution in [0.3, 0.4) is 0 Å². The minimum Gasteiger partial charge on any atom is -0.497 e. The van der Waals surface area contributed by atoms with Gasteiger partial charge in [0.05, 0.1) is 13.4 Å². The Kier molecular flexibility index (Phi) is 6.89. The summed E-state index contributed by atoms with van der Waals surface area (Å²) in [5.41, 5.74) is 1.06. The molecule has 1 fully saturated rings. The number of methoxy groups -OCH3 is 1. The van der Waals surface area contributed by atoms with Crippen molar-refractivity contribution in [2.45, 2.75) is 25.3 Å². The highest BCUT2D eigenvalue weighted by Gasteiger charge is 2.36. The third-order valence-electron chi connectivity index (χ3n) is 4.76. The second kappa shape index (κ2) is 9.77. The fraction of sp³-hybridized carbons (Fsp3) is 0.381. The molecule has 0 unspecified atom stereocenters. The van der Waals surface area contributed by atoms with Crippen molar-refractivity contribution in [2.24, 2.45) is 0 Å². The van der Waals surface area contributed by atoms with E-state index in [-0.39, 0.29) is 24.2 Å². The van der Waals surface area contributed by atoms with Crippen molar-refractivity contribution < 1.29 is 28.3 Å². The van der Waals surface area contributed by atoms with Crippen LogP contribution < -0.4 is 10.1 Å². The Hall–Kier alpha value is -3.29. The van der Waals surface area contributed by atoms with Gasteiger partial charge < -0.3 is 24.1 Å². The number of esters is 1. The number of carbonyl (C=O) groups is 3. The molecule has 154 valence electrons. The number of nitrogens with one attached hydrogen (secondary N) is 1. The van der Waals surface area contributed by atoms with Crippen molar-refractivity contribution in [2.75, 3.05) is 26.8 Å². The summed E-state index contributed by atoms with van der Waals surface area (Å²) >= 11 is 0. The molecule has 0 saturated carbocycles. The molecule has 0 aliphatic carbocycles. The van der Waals surface area contributed by atoms with Crippen molar-refractivity contribution in [3.8, 4) is 5.75 Å². The second-order valence-corrected chi connectivity index (χ2v) is 6.69. The molecule has 1 aliphatic heterocycles. The molecular formula is C21H24N2O6. The van der Waals surface area contributed by atoms with Crippen LogP contribution >= 0.6 is 0 Å². The first-order valence-electron chi connectivity index (χ1n) is 9.49. The van der Waals surface area contributed by atoms with Gasteiger partial charge in [0.2, 0.25) is 0 Å². The number of likely N-dealkylation sites (tertiary alicyclic amines) is 1. The zero-order valence-corrected chi connectivity index (χ0v) is 16.3. The fourth-order valence-corrected chi connectivity index (χ4v) is 3.22. The quantitative estimate of drug-likeness (QED) is 0.679. The second-order valence-electron chi connectivity index (χ2n) is 6.69. The van der Waals surface area contributed by atoms with E-state index in [0.717, 1.165) is 11.3 Å². The molecule has 1 aromatic carbocycles. The van der Waals surface area contributed by atoms with Gasteiger partial charge in [-0.3, -0.25) is 9.59 Å². The topological polar surface area (TPSA) is 98.1 Å². The molecule has 2 heterocycles. The Balaban J connectivity index is 1.41. The molecule has 29 heavy (non-hydrogen) atoms. The van der Waals surface area contributed by atoms with Gasteiger partial charge in [-0.1, -0.05) is 12.1 Å². The maximum absolute atomic E-state index is 12.4. The first-order chi connectivity index (χ1) is 14.1. The highest BCUT2D eigenvalue weighted by atomic mass is 16.5. The molecule has 3 rings (SSSR count). The molecule has 8 heteroatoms. The lowest BCUT2D eigenvalue weighted by molar-refractivity contribution is -0.152. The zero-order chi connectivity index (χ0) is 20.6. The first kappa shape index (κ1) is 20.4. The van der Waals surface area contributed by atoms with Gasteiger partial charge in [-0.2, -0.15) is 0 Å². The Bertz CT molecular complexity index is 831. The third kappa shape index (κ3) is 5.37. The lowest BCUT2D eigenvalue weighted by atomic mass is 10.1. The molecular weight excluding hydrogens is 376 g/mol. The fourth-order valence-electron chi connectivity index (χ4n) is 3.22. The van der Waals surface area contributed by atoms with Crippen molar-refractivity contribution in [1.82, 2.24) is 10.2 Å². The van der Waals surface area contributed by atoms with Crippen molar-refractivity contribution in [3.05, 3.63) is 54.0 Å². The van der Waals surface area contributed by atoms with Gasteiger partial charge in [0.15, 0.2) is 12.4 Å². The van der Waals surface area contributed by atoms with E-state index in [2.05, 4.69) is 5.32 Å². The maximum Gasteiger partial charge on any atom is 0.329 e. The van der Waals surface area contributed by atoms with Crippen LogP contribution in [0.15, 0.2) is 47.1 Å². The Morgan fingerprint density at radius 1 is 1.21 bits per heavy atom. The average Bonchev–Trinajstić information content (AvgIpc) is 3.44. The first-order valence-corrected chi connectivity index (χ1v) is 9.49.